The normalized spacial score (nSPS) is 21.6. The zero-order valence-corrected chi connectivity index (χ0v) is 13.8. The van der Waals surface area contributed by atoms with Crippen LogP contribution >= 0.6 is 0 Å². The summed E-state index contributed by atoms with van der Waals surface area (Å²) in [4.78, 5) is 0. The molecule has 1 aromatic carbocycles. The summed E-state index contributed by atoms with van der Waals surface area (Å²) in [6.45, 7) is 12.1. The molecule has 0 bridgehead atoms. The molecule has 1 fully saturated rings. The molecule has 21 heavy (non-hydrogen) atoms. The maximum atomic E-state index is 6.39. The Kier molecular flexibility index (Phi) is 4.38. The Balaban J connectivity index is 2.24. The molecule has 1 aliphatic rings. The van der Waals surface area contributed by atoms with Gasteiger partial charge in [-0.25, -0.2) is 0 Å². The van der Waals surface area contributed by atoms with Crippen LogP contribution in [0.25, 0.3) is 0 Å². The van der Waals surface area contributed by atoms with E-state index in [1.807, 2.05) is 65.8 Å². The Morgan fingerprint density at radius 1 is 1.05 bits per heavy atom. The molecular weight excluding hydrogens is 265 g/mol. The van der Waals surface area contributed by atoms with Crippen LogP contribution in [-0.4, -0.2) is 24.4 Å². The summed E-state index contributed by atoms with van der Waals surface area (Å²) < 4.78 is 17.9. The fourth-order valence-electron chi connectivity index (χ4n) is 2.30. The summed E-state index contributed by atoms with van der Waals surface area (Å²) in [6, 6.07) is 7.79. The first-order chi connectivity index (χ1) is 9.64. The van der Waals surface area contributed by atoms with E-state index in [2.05, 4.69) is 0 Å². The zero-order valence-electron chi connectivity index (χ0n) is 13.8. The summed E-state index contributed by atoms with van der Waals surface area (Å²) in [5.41, 5.74) is 6.52. The van der Waals surface area contributed by atoms with Crippen molar-refractivity contribution in [3.63, 3.8) is 0 Å². The summed E-state index contributed by atoms with van der Waals surface area (Å²) >= 11 is 0. The fraction of sp³-hybridized carbons (Fsp3) is 0.625. The van der Waals surface area contributed by atoms with Crippen molar-refractivity contribution in [1.29, 1.82) is 0 Å². The third-order valence-electron chi connectivity index (χ3n) is 4.21. The highest BCUT2D eigenvalue weighted by Crippen LogP contribution is 2.40. The van der Waals surface area contributed by atoms with E-state index >= 15 is 0 Å². The topological polar surface area (TPSA) is 53.7 Å². The first-order valence-electron chi connectivity index (χ1n) is 7.51. The van der Waals surface area contributed by atoms with Crippen LogP contribution in [0.5, 0.6) is 5.75 Å². The van der Waals surface area contributed by atoms with Crippen molar-refractivity contribution in [1.82, 2.24) is 0 Å². The molecule has 0 saturated carbocycles. The number of nitrogens with two attached hydrogens (primary N) is 1. The highest BCUT2D eigenvalue weighted by atomic mass is 16.7. The Labute approximate surface area is 128 Å². The number of hydrogen-bond acceptors (Lipinski definition) is 4. The van der Waals surface area contributed by atoms with Gasteiger partial charge >= 0.3 is 7.12 Å². The molecule has 0 unspecified atom stereocenters. The number of para-hydroxylation sites is 1. The standard InChI is InChI=1S/C16H26BNO3/c1-11(2)19-13-10-8-7-9-12(13)14(18)17-20-15(3,4)16(5,6)21-17/h7-11,14H,18H2,1-6H3/t14-/m1/s1. The minimum absolute atomic E-state index is 0.0941. The molecular formula is C16H26BNO3. The Bertz CT molecular complexity index is 486. The van der Waals surface area contributed by atoms with Crippen LogP contribution in [0.15, 0.2) is 24.3 Å². The average Bonchev–Trinajstić information content (AvgIpc) is 2.57. The molecule has 0 amide bonds. The molecule has 0 radical (unpaired) electrons. The van der Waals surface area contributed by atoms with Crippen LogP contribution < -0.4 is 10.5 Å². The largest absolute Gasteiger partial charge is 0.491 e. The smallest absolute Gasteiger partial charge is 0.480 e. The summed E-state index contributed by atoms with van der Waals surface area (Å²) in [7, 11) is -0.480. The second kappa shape index (κ2) is 5.63. The lowest BCUT2D eigenvalue weighted by molar-refractivity contribution is 0.00578. The van der Waals surface area contributed by atoms with Crippen LogP contribution in [0, 0.1) is 0 Å². The van der Waals surface area contributed by atoms with Crippen LogP contribution in [0.2, 0.25) is 0 Å². The molecule has 0 aromatic heterocycles. The minimum Gasteiger partial charge on any atom is -0.491 e. The van der Waals surface area contributed by atoms with Gasteiger partial charge in [0, 0.05) is 5.56 Å². The molecule has 4 nitrogen and oxygen atoms in total. The highest BCUT2D eigenvalue weighted by molar-refractivity contribution is 6.47. The van der Waals surface area contributed by atoms with E-state index in [-0.39, 0.29) is 23.2 Å². The van der Waals surface area contributed by atoms with Crippen LogP contribution in [0.3, 0.4) is 0 Å². The van der Waals surface area contributed by atoms with Crippen LogP contribution in [0.4, 0.5) is 0 Å². The van der Waals surface area contributed by atoms with Gasteiger partial charge in [-0.2, -0.15) is 0 Å². The summed E-state index contributed by atoms with van der Waals surface area (Å²) in [5, 5.41) is 0. The van der Waals surface area contributed by atoms with E-state index in [4.69, 9.17) is 19.8 Å². The van der Waals surface area contributed by atoms with E-state index in [0.717, 1.165) is 11.3 Å². The lowest BCUT2D eigenvalue weighted by Gasteiger charge is -2.32. The predicted octanol–water partition coefficient (Wildman–Crippen LogP) is 3.11. The summed E-state index contributed by atoms with van der Waals surface area (Å²) in [5.74, 6) is 0.399. The van der Waals surface area contributed by atoms with E-state index in [0.29, 0.717) is 0 Å². The van der Waals surface area contributed by atoms with Gasteiger partial charge in [-0.1, -0.05) is 18.2 Å². The average molecular weight is 291 g/mol. The number of hydrogen-bond donors (Lipinski definition) is 1. The maximum Gasteiger partial charge on any atom is 0.480 e. The van der Waals surface area contributed by atoms with E-state index in [1.165, 1.54) is 0 Å². The summed E-state index contributed by atoms with van der Waals surface area (Å²) in [6.07, 6.45) is 0.0941. The molecule has 1 atom stereocenters. The van der Waals surface area contributed by atoms with Crippen LogP contribution in [-0.2, 0) is 9.31 Å². The SMILES string of the molecule is CC(C)Oc1ccccc1[C@@H](N)B1OC(C)(C)C(C)(C)O1. The lowest BCUT2D eigenvalue weighted by Crippen LogP contribution is -2.41. The minimum atomic E-state index is -0.480. The van der Waals surface area contributed by atoms with Gasteiger partial charge in [-0.3, -0.25) is 0 Å². The Hall–Kier alpha value is -1.04. The molecule has 1 saturated heterocycles. The molecule has 0 spiro atoms. The van der Waals surface area contributed by atoms with E-state index in [1.54, 1.807) is 0 Å². The number of benzene rings is 1. The number of rotatable bonds is 4. The number of ether oxygens (including phenoxy) is 1. The van der Waals surface area contributed by atoms with Gasteiger partial charge in [0.2, 0.25) is 0 Å². The molecule has 1 heterocycles. The quantitative estimate of drug-likeness (QED) is 0.866. The third-order valence-corrected chi connectivity index (χ3v) is 4.21. The van der Waals surface area contributed by atoms with Gasteiger partial charge in [0.05, 0.1) is 23.2 Å². The Morgan fingerprint density at radius 3 is 2.10 bits per heavy atom. The van der Waals surface area contributed by atoms with Crippen molar-refractivity contribution in [2.75, 3.05) is 0 Å². The zero-order chi connectivity index (χ0) is 15.8. The molecule has 0 aliphatic carbocycles. The van der Waals surface area contributed by atoms with Gasteiger partial charge < -0.3 is 19.8 Å². The second-order valence-corrected chi connectivity index (χ2v) is 6.85. The Morgan fingerprint density at radius 2 is 1.57 bits per heavy atom. The van der Waals surface area contributed by atoms with Crippen molar-refractivity contribution >= 4 is 7.12 Å². The second-order valence-electron chi connectivity index (χ2n) is 6.85. The molecule has 5 heteroatoms. The predicted molar refractivity (Wildman–Crippen MR) is 85.2 cm³/mol. The van der Waals surface area contributed by atoms with Crippen molar-refractivity contribution in [3.05, 3.63) is 29.8 Å². The molecule has 1 aliphatic heterocycles. The molecule has 2 rings (SSSR count). The van der Waals surface area contributed by atoms with E-state index in [9.17, 15) is 0 Å². The monoisotopic (exact) mass is 291 g/mol. The van der Waals surface area contributed by atoms with Crippen molar-refractivity contribution in [3.8, 4) is 5.75 Å². The van der Waals surface area contributed by atoms with Crippen molar-refractivity contribution in [2.24, 2.45) is 5.73 Å². The fourth-order valence-corrected chi connectivity index (χ4v) is 2.30. The third kappa shape index (κ3) is 3.25. The van der Waals surface area contributed by atoms with Crippen molar-refractivity contribution in [2.45, 2.75) is 64.8 Å². The van der Waals surface area contributed by atoms with Gasteiger partial charge in [-0.05, 0) is 47.6 Å². The van der Waals surface area contributed by atoms with Crippen molar-refractivity contribution < 1.29 is 14.0 Å². The molecule has 1 aromatic rings. The molecule has 116 valence electrons. The lowest BCUT2D eigenvalue weighted by atomic mass is 9.74. The van der Waals surface area contributed by atoms with Gasteiger partial charge in [0.1, 0.15) is 5.75 Å². The van der Waals surface area contributed by atoms with Gasteiger partial charge in [0.15, 0.2) is 0 Å². The first kappa shape index (κ1) is 16.3. The highest BCUT2D eigenvalue weighted by Gasteiger charge is 2.53. The first-order valence-corrected chi connectivity index (χ1v) is 7.51. The van der Waals surface area contributed by atoms with Crippen LogP contribution in [0.1, 0.15) is 53.0 Å². The van der Waals surface area contributed by atoms with Gasteiger partial charge in [-0.15, -0.1) is 0 Å². The maximum absolute atomic E-state index is 6.39. The van der Waals surface area contributed by atoms with Gasteiger partial charge in [0.25, 0.3) is 0 Å². The van der Waals surface area contributed by atoms with E-state index < -0.39 is 7.12 Å². The molecule has 2 N–H and O–H groups in total.